The van der Waals surface area contributed by atoms with E-state index in [1.807, 2.05) is 0 Å². The molecule has 4 N–H and O–H groups in total. The zero-order valence-corrected chi connectivity index (χ0v) is 21.0. The summed E-state index contributed by atoms with van der Waals surface area (Å²) in [6.45, 7) is -0.235. The van der Waals surface area contributed by atoms with Crippen LogP contribution in [0.1, 0.15) is 31.9 Å². The second-order valence-electron chi connectivity index (χ2n) is 9.02. The number of ether oxygens (including phenoxy) is 2. The lowest BCUT2D eigenvalue weighted by molar-refractivity contribution is -0.0610. The van der Waals surface area contributed by atoms with Crippen LogP contribution < -0.4 is 9.84 Å². The summed E-state index contributed by atoms with van der Waals surface area (Å²) < 4.78 is 30.2. The van der Waals surface area contributed by atoms with Gasteiger partial charge >= 0.3 is 7.60 Å². The molecule has 13 heteroatoms. The number of aromatic nitrogens is 3. The second-order valence-corrected chi connectivity index (χ2v) is 11.1. The van der Waals surface area contributed by atoms with Gasteiger partial charge < -0.3 is 39.0 Å². The van der Waals surface area contributed by atoms with Crippen LogP contribution in [-0.4, -0.2) is 67.0 Å². The summed E-state index contributed by atoms with van der Waals surface area (Å²) in [6, 6.07) is 10.3. The number of nitrogens with zero attached hydrogens (tertiary/aromatic N) is 3. The van der Waals surface area contributed by atoms with E-state index in [9.17, 15) is 19.7 Å². The Balaban J connectivity index is 1.26. The molecule has 36 heavy (non-hydrogen) atoms. The van der Waals surface area contributed by atoms with Crippen molar-refractivity contribution in [3.63, 3.8) is 0 Å². The number of rotatable bonds is 9. The van der Waals surface area contributed by atoms with Gasteiger partial charge in [0, 0.05) is 12.2 Å². The van der Waals surface area contributed by atoms with Gasteiger partial charge in [0.05, 0.1) is 12.0 Å². The van der Waals surface area contributed by atoms with E-state index in [1.54, 1.807) is 47.2 Å². The maximum atomic E-state index is 12.3. The van der Waals surface area contributed by atoms with Crippen LogP contribution >= 0.6 is 19.2 Å². The van der Waals surface area contributed by atoms with E-state index in [0.717, 1.165) is 31.1 Å². The van der Waals surface area contributed by atoms with Gasteiger partial charge in [-0.3, -0.25) is 0 Å². The minimum atomic E-state index is -4.09. The molecule has 2 aliphatic rings. The van der Waals surface area contributed by atoms with Crippen molar-refractivity contribution in [3.05, 3.63) is 47.9 Å². The molecule has 0 spiro atoms. The number of para-hydroxylation sites is 1. The fourth-order valence-corrected chi connectivity index (χ4v) is 5.64. The number of fused-ring (bicyclic) bond motifs is 1. The Morgan fingerprint density at radius 3 is 2.64 bits per heavy atom. The minimum Gasteiger partial charge on any atom is -0.423 e. The predicted molar refractivity (Wildman–Crippen MR) is 132 cm³/mol. The highest BCUT2D eigenvalue weighted by Crippen LogP contribution is 2.43. The molecule has 1 saturated heterocycles. The van der Waals surface area contributed by atoms with Crippen molar-refractivity contribution in [2.24, 2.45) is 0 Å². The molecule has 1 unspecified atom stereocenters. The van der Waals surface area contributed by atoms with Crippen molar-refractivity contribution in [2.75, 3.05) is 18.3 Å². The number of nitrogens with one attached hydrogen (secondary N) is 1. The molecule has 1 aliphatic heterocycles. The largest absolute Gasteiger partial charge is 0.423 e. The highest BCUT2D eigenvalue weighted by atomic mass is 35.5. The number of anilines is 1. The van der Waals surface area contributed by atoms with Crippen LogP contribution in [0.25, 0.3) is 11.0 Å². The molecule has 2 aromatic heterocycles. The average Bonchev–Trinajstić information content (AvgIpc) is 3.56. The van der Waals surface area contributed by atoms with Crippen LogP contribution in [0.4, 0.5) is 5.82 Å². The highest BCUT2D eigenvalue weighted by Gasteiger charge is 2.44. The van der Waals surface area contributed by atoms with Gasteiger partial charge in [0.25, 0.3) is 0 Å². The molecule has 0 bridgehead atoms. The Labute approximate surface area is 212 Å². The van der Waals surface area contributed by atoms with Crippen LogP contribution in [0.5, 0.6) is 5.75 Å². The fourth-order valence-electron chi connectivity index (χ4n) is 4.64. The van der Waals surface area contributed by atoms with Crippen molar-refractivity contribution in [1.82, 2.24) is 14.5 Å². The summed E-state index contributed by atoms with van der Waals surface area (Å²) >= 11 is 6.20. The first-order valence-corrected chi connectivity index (χ1v) is 13.9. The first-order valence-electron chi connectivity index (χ1n) is 11.8. The molecule has 1 saturated carbocycles. The van der Waals surface area contributed by atoms with Gasteiger partial charge in [-0.05, 0) is 42.6 Å². The molecule has 3 aromatic rings. The maximum Gasteiger partial charge on any atom is 0.402 e. The monoisotopic (exact) mass is 538 g/mol. The highest BCUT2D eigenvalue weighted by molar-refractivity contribution is 7.53. The molecular formula is C23H28ClN4O7P. The third-order valence-electron chi connectivity index (χ3n) is 6.38. The number of hydrogen-bond donors (Lipinski definition) is 4. The smallest absolute Gasteiger partial charge is 0.402 e. The molecule has 5 rings (SSSR count). The van der Waals surface area contributed by atoms with Crippen LogP contribution in [0.15, 0.2) is 42.6 Å². The molecule has 0 radical (unpaired) electrons. The van der Waals surface area contributed by atoms with Gasteiger partial charge in [-0.15, -0.1) is 0 Å². The average molecular weight is 539 g/mol. The molecular weight excluding hydrogens is 511 g/mol. The van der Waals surface area contributed by atoms with E-state index in [0.29, 0.717) is 17.5 Å². The van der Waals surface area contributed by atoms with Crippen LogP contribution in [-0.2, 0) is 14.0 Å². The molecule has 1 aliphatic carbocycles. The summed E-state index contributed by atoms with van der Waals surface area (Å²) in [5.41, 5.74) is 0.449. The first-order chi connectivity index (χ1) is 17.3. The lowest BCUT2D eigenvalue weighted by atomic mass is 10.1. The number of hydrogen-bond acceptors (Lipinski definition) is 9. The fraction of sp³-hybridized carbons (Fsp3) is 0.478. The van der Waals surface area contributed by atoms with Gasteiger partial charge in [-0.2, -0.15) is 4.98 Å². The molecule has 5 atom stereocenters. The zero-order chi connectivity index (χ0) is 25.3. The summed E-state index contributed by atoms with van der Waals surface area (Å²) in [5.74, 6) is 0.849. The molecule has 3 heterocycles. The van der Waals surface area contributed by atoms with E-state index in [1.165, 1.54) is 0 Å². The minimum absolute atomic E-state index is 0.0491. The predicted octanol–water partition coefficient (Wildman–Crippen LogP) is 3.30. The van der Waals surface area contributed by atoms with Crippen molar-refractivity contribution < 1.29 is 33.7 Å². The van der Waals surface area contributed by atoms with Gasteiger partial charge in [0.15, 0.2) is 12.6 Å². The van der Waals surface area contributed by atoms with Crippen molar-refractivity contribution in [1.29, 1.82) is 0 Å². The Hall–Kier alpha value is -2.24. The normalized spacial score (nSPS) is 26.3. The molecule has 0 amide bonds. The van der Waals surface area contributed by atoms with Crippen LogP contribution in [0.2, 0.25) is 5.28 Å². The SMILES string of the molecule is O=P(O)(COC[C@H]1O[C@@H](n2ccc3c(NC4CCCC4)nc(Cl)nc32)[C@H](O)[C@@H]1O)Oc1ccccc1. The van der Waals surface area contributed by atoms with Crippen molar-refractivity contribution in [2.45, 2.75) is 56.3 Å². The number of benzene rings is 1. The van der Waals surface area contributed by atoms with E-state index < -0.39 is 38.5 Å². The number of halogens is 1. The van der Waals surface area contributed by atoms with E-state index in [4.69, 9.17) is 25.6 Å². The van der Waals surface area contributed by atoms with Crippen molar-refractivity contribution in [3.8, 4) is 5.75 Å². The summed E-state index contributed by atoms with van der Waals surface area (Å²) in [4.78, 5) is 18.7. The van der Waals surface area contributed by atoms with Crippen LogP contribution in [0, 0.1) is 0 Å². The lowest BCUT2D eigenvalue weighted by Crippen LogP contribution is -2.34. The quantitative estimate of drug-likeness (QED) is 0.236. The third-order valence-corrected chi connectivity index (χ3v) is 7.55. The van der Waals surface area contributed by atoms with Gasteiger partial charge in [0.2, 0.25) is 5.28 Å². The van der Waals surface area contributed by atoms with Crippen LogP contribution in [0.3, 0.4) is 0 Å². The Bertz CT molecular complexity index is 1240. The lowest BCUT2D eigenvalue weighted by Gasteiger charge is -2.18. The second kappa shape index (κ2) is 10.6. The maximum absolute atomic E-state index is 12.3. The van der Waals surface area contributed by atoms with E-state index in [2.05, 4.69) is 15.3 Å². The Morgan fingerprint density at radius 1 is 1.14 bits per heavy atom. The number of aliphatic hydroxyl groups is 2. The molecule has 194 valence electrons. The Kier molecular flexibility index (Phi) is 7.50. The number of aliphatic hydroxyl groups excluding tert-OH is 2. The first kappa shape index (κ1) is 25.4. The molecule has 2 fully saturated rings. The van der Waals surface area contributed by atoms with E-state index in [-0.39, 0.29) is 17.6 Å². The summed E-state index contributed by atoms with van der Waals surface area (Å²) in [6.07, 6.45) is 0.992. The van der Waals surface area contributed by atoms with Gasteiger partial charge in [-0.1, -0.05) is 31.0 Å². The third kappa shape index (κ3) is 5.52. The molecule has 1 aromatic carbocycles. The van der Waals surface area contributed by atoms with Gasteiger partial charge in [0.1, 0.15) is 35.5 Å². The van der Waals surface area contributed by atoms with E-state index >= 15 is 0 Å². The Morgan fingerprint density at radius 2 is 1.89 bits per heavy atom. The topological polar surface area (TPSA) is 148 Å². The van der Waals surface area contributed by atoms with Gasteiger partial charge in [-0.25, -0.2) is 9.55 Å². The zero-order valence-electron chi connectivity index (χ0n) is 19.3. The summed E-state index contributed by atoms with van der Waals surface area (Å²) in [7, 11) is -4.09. The van der Waals surface area contributed by atoms with Crippen molar-refractivity contribution >= 4 is 36.0 Å². The standard InChI is InChI=1S/C23H28ClN4O7P/c24-23-26-20(25-14-6-4-5-7-14)16-10-11-28(21(16)27-23)22-19(30)18(29)17(34-22)12-33-13-36(31,32)35-15-8-2-1-3-9-15/h1-3,8-11,14,17-19,22,29-30H,4-7,12-13H2,(H,31,32)(H,25,26,27)/t17-,18-,19-,22-/m1/s1. The summed E-state index contributed by atoms with van der Waals surface area (Å²) in [5, 5.41) is 25.5. The molecule has 11 nitrogen and oxygen atoms in total.